The highest BCUT2D eigenvalue weighted by Crippen LogP contribution is 2.32. The molecule has 14 heavy (non-hydrogen) atoms. The number of hydrogen-bond donors (Lipinski definition) is 2. The highest BCUT2D eigenvalue weighted by atomic mass is 16.3. The first-order valence-corrected chi connectivity index (χ1v) is 5.33. The molecule has 0 bridgehead atoms. The molecular weight excluding hydrogens is 180 g/mol. The summed E-state index contributed by atoms with van der Waals surface area (Å²) in [5.41, 5.74) is 5.86. The van der Waals surface area contributed by atoms with Crippen LogP contribution in [-0.2, 0) is 4.79 Å². The first-order chi connectivity index (χ1) is 6.69. The van der Waals surface area contributed by atoms with E-state index < -0.39 is 0 Å². The van der Waals surface area contributed by atoms with E-state index in [2.05, 4.69) is 0 Å². The Hall–Kier alpha value is -0.610. The molecule has 1 saturated carbocycles. The highest BCUT2D eigenvalue weighted by Gasteiger charge is 2.30. The van der Waals surface area contributed by atoms with E-state index in [9.17, 15) is 4.79 Å². The molecule has 1 aliphatic rings. The predicted molar refractivity (Wildman–Crippen MR) is 54.7 cm³/mol. The van der Waals surface area contributed by atoms with E-state index >= 15 is 0 Å². The lowest BCUT2D eigenvalue weighted by atomic mass is 10.1. The second-order valence-corrected chi connectivity index (χ2v) is 3.90. The van der Waals surface area contributed by atoms with E-state index in [-0.39, 0.29) is 18.6 Å². The van der Waals surface area contributed by atoms with Crippen LogP contribution in [0.25, 0.3) is 0 Å². The zero-order chi connectivity index (χ0) is 10.6. The Morgan fingerprint density at radius 3 is 2.71 bits per heavy atom. The van der Waals surface area contributed by atoms with Crippen molar-refractivity contribution in [2.24, 2.45) is 11.7 Å². The highest BCUT2D eigenvalue weighted by molar-refractivity contribution is 5.76. The maximum Gasteiger partial charge on any atom is 0.224 e. The molecule has 1 rings (SSSR count). The maximum absolute atomic E-state index is 11.6. The first-order valence-electron chi connectivity index (χ1n) is 5.33. The summed E-state index contributed by atoms with van der Waals surface area (Å²) >= 11 is 0. The zero-order valence-corrected chi connectivity index (χ0v) is 8.78. The Bertz CT molecular complexity index is 193. The lowest BCUT2D eigenvalue weighted by Gasteiger charge is -2.21. The van der Waals surface area contributed by atoms with Gasteiger partial charge in [0, 0.05) is 25.6 Å². The van der Waals surface area contributed by atoms with Gasteiger partial charge in [0.2, 0.25) is 5.91 Å². The fourth-order valence-electron chi connectivity index (χ4n) is 1.60. The minimum atomic E-state index is 0.0234. The normalized spacial score (nSPS) is 17.9. The molecule has 0 aromatic rings. The van der Waals surface area contributed by atoms with Gasteiger partial charge >= 0.3 is 0 Å². The number of hydrogen-bond acceptors (Lipinski definition) is 3. The fourth-order valence-corrected chi connectivity index (χ4v) is 1.60. The molecule has 0 aromatic heterocycles. The van der Waals surface area contributed by atoms with E-state index in [0.29, 0.717) is 25.4 Å². The van der Waals surface area contributed by atoms with Crippen LogP contribution >= 0.6 is 0 Å². The fraction of sp³-hybridized carbons (Fsp3) is 0.900. The first kappa shape index (κ1) is 11.5. The second kappa shape index (κ2) is 5.32. The van der Waals surface area contributed by atoms with Gasteiger partial charge in [0.25, 0.3) is 0 Å². The molecule has 4 heteroatoms. The lowest BCUT2D eigenvalue weighted by Crippen LogP contribution is -2.38. The van der Waals surface area contributed by atoms with Crippen LogP contribution < -0.4 is 5.73 Å². The van der Waals surface area contributed by atoms with E-state index in [1.807, 2.05) is 6.92 Å². The van der Waals surface area contributed by atoms with E-state index in [0.717, 1.165) is 0 Å². The van der Waals surface area contributed by atoms with Crippen LogP contribution in [0.2, 0.25) is 0 Å². The number of likely N-dealkylation sites (N-methyl/N-ethyl adjacent to an activating group) is 1. The maximum atomic E-state index is 11.6. The predicted octanol–water partition coefficient (Wildman–Crippen LogP) is -0.0454. The van der Waals surface area contributed by atoms with Crippen molar-refractivity contribution in [2.45, 2.75) is 32.2 Å². The molecule has 4 nitrogen and oxygen atoms in total. The Morgan fingerprint density at radius 1 is 1.64 bits per heavy atom. The molecule has 82 valence electrons. The summed E-state index contributed by atoms with van der Waals surface area (Å²) in [6.07, 6.45) is 2.76. The number of aliphatic hydroxyl groups is 1. The standard InChI is InChI=1S/C10H20N2O2/c1-2-12(5-6-13)10(14)7-9(11)8-3-4-8/h8-9,13H,2-7,11H2,1H3. The number of aliphatic hydroxyl groups excluding tert-OH is 1. The van der Waals surface area contributed by atoms with Gasteiger partial charge in [0.1, 0.15) is 0 Å². The molecule has 0 aromatic carbocycles. The quantitative estimate of drug-likeness (QED) is 0.632. The van der Waals surface area contributed by atoms with Crippen molar-refractivity contribution in [1.82, 2.24) is 4.90 Å². The van der Waals surface area contributed by atoms with Crippen LogP contribution in [0, 0.1) is 5.92 Å². The van der Waals surface area contributed by atoms with Gasteiger partial charge in [-0.2, -0.15) is 0 Å². The Balaban J connectivity index is 2.29. The van der Waals surface area contributed by atoms with Crippen molar-refractivity contribution in [1.29, 1.82) is 0 Å². The molecule has 3 N–H and O–H groups in total. The minimum absolute atomic E-state index is 0.0234. The van der Waals surface area contributed by atoms with Crippen molar-refractivity contribution in [3.05, 3.63) is 0 Å². The molecule has 0 spiro atoms. The molecule has 1 atom stereocenters. The summed E-state index contributed by atoms with van der Waals surface area (Å²) in [5.74, 6) is 0.632. The number of nitrogens with zero attached hydrogens (tertiary/aromatic N) is 1. The van der Waals surface area contributed by atoms with Gasteiger partial charge in [-0.25, -0.2) is 0 Å². The van der Waals surface area contributed by atoms with Crippen molar-refractivity contribution in [3.8, 4) is 0 Å². The average Bonchev–Trinajstić information content (AvgIpc) is 2.96. The van der Waals surface area contributed by atoms with Gasteiger partial charge < -0.3 is 15.7 Å². The average molecular weight is 200 g/mol. The van der Waals surface area contributed by atoms with Crippen LogP contribution in [0.4, 0.5) is 0 Å². The largest absolute Gasteiger partial charge is 0.395 e. The molecule has 1 amide bonds. The summed E-state index contributed by atoms with van der Waals surface area (Å²) in [6.45, 7) is 3.01. The summed E-state index contributed by atoms with van der Waals surface area (Å²) in [4.78, 5) is 13.3. The van der Waals surface area contributed by atoms with E-state index in [1.54, 1.807) is 4.90 Å². The summed E-state index contributed by atoms with van der Waals surface area (Å²) in [5, 5.41) is 8.75. The molecule has 0 heterocycles. The Morgan fingerprint density at radius 2 is 2.29 bits per heavy atom. The molecule has 0 saturated heterocycles. The number of amides is 1. The number of nitrogens with two attached hydrogens (primary N) is 1. The number of carbonyl (C=O) groups is 1. The SMILES string of the molecule is CCN(CCO)C(=O)CC(N)C1CC1. The second-order valence-electron chi connectivity index (χ2n) is 3.90. The van der Waals surface area contributed by atoms with Crippen LogP contribution in [0.1, 0.15) is 26.2 Å². The molecule has 1 aliphatic carbocycles. The number of carbonyl (C=O) groups excluding carboxylic acids is 1. The minimum Gasteiger partial charge on any atom is -0.395 e. The van der Waals surface area contributed by atoms with Crippen LogP contribution in [-0.4, -0.2) is 41.7 Å². The van der Waals surface area contributed by atoms with Gasteiger partial charge in [-0.05, 0) is 25.7 Å². The third kappa shape index (κ3) is 3.27. The third-order valence-electron chi connectivity index (χ3n) is 2.74. The topological polar surface area (TPSA) is 66.6 Å². The Kier molecular flexibility index (Phi) is 4.35. The summed E-state index contributed by atoms with van der Waals surface area (Å²) < 4.78 is 0. The summed E-state index contributed by atoms with van der Waals surface area (Å²) in [7, 11) is 0. The number of rotatable bonds is 6. The van der Waals surface area contributed by atoms with E-state index in [1.165, 1.54) is 12.8 Å². The molecule has 0 radical (unpaired) electrons. The Labute approximate surface area is 85.1 Å². The van der Waals surface area contributed by atoms with Crippen LogP contribution in [0.3, 0.4) is 0 Å². The van der Waals surface area contributed by atoms with Gasteiger partial charge in [-0.3, -0.25) is 4.79 Å². The van der Waals surface area contributed by atoms with Gasteiger partial charge in [0.15, 0.2) is 0 Å². The van der Waals surface area contributed by atoms with Crippen molar-refractivity contribution >= 4 is 5.91 Å². The van der Waals surface area contributed by atoms with Gasteiger partial charge in [0.05, 0.1) is 6.61 Å². The lowest BCUT2D eigenvalue weighted by molar-refractivity contribution is -0.132. The van der Waals surface area contributed by atoms with Crippen molar-refractivity contribution in [3.63, 3.8) is 0 Å². The smallest absolute Gasteiger partial charge is 0.224 e. The van der Waals surface area contributed by atoms with Gasteiger partial charge in [-0.15, -0.1) is 0 Å². The van der Waals surface area contributed by atoms with Crippen LogP contribution in [0.5, 0.6) is 0 Å². The third-order valence-corrected chi connectivity index (χ3v) is 2.74. The monoisotopic (exact) mass is 200 g/mol. The molecular formula is C10H20N2O2. The molecule has 1 fully saturated rings. The van der Waals surface area contributed by atoms with Gasteiger partial charge in [-0.1, -0.05) is 0 Å². The van der Waals surface area contributed by atoms with Crippen molar-refractivity contribution in [2.75, 3.05) is 19.7 Å². The zero-order valence-electron chi connectivity index (χ0n) is 8.78. The van der Waals surface area contributed by atoms with E-state index in [4.69, 9.17) is 10.8 Å². The van der Waals surface area contributed by atoms with Crippen molar-refractivity contribution < 1.29 is 9.90 Å². The molecule has 0 aliphatic heterocycles. The summed E-state index contributed by atoms with van der Waals surface area (Å²) in [6, 6.07) is 0.0234. The molecule has 1 unspecified atom stereocenters. The van der Waals surface area contributed by atoms with Crippen LogP contribution in [0.15, 0.2) is 0 Å².